The minimum absolute atomic E-state index is 1.04. The first-order valence-electron chi connectivity index (χ1n) is 9.95. The molecule has 0 aliphatic carbocycles. The minimum Gasteiger partial charge on any atom is -0.366 e. The molecule has 0 fully saturated rings. The lowest BCUT2D eigenvalue weighted by Gasteiger charge is -2.11. The van der Waals surface area contributed by atoms with Gasteiger partial charge in [0.25, 0.3) is 0 Å². The van der Waals surface area contributed by atoms with Gasteiger partial charge in [-0.05, 0) is 37.5 Å². The van der Waals surface area contributed by atoms with Crippen molar-refractivity contribution in [2.75, 3.05) is 14.1 Å². The van der Waals surface area contributed by atoms with Crippen LogP contribution < -0.4 is 0 Å². The maximum atomic E-state index is 4.60. The molecule has 0 aromatic heterocycles. The summed E-state index contributed by atoms with van der Waals surface area (Å²) in [7, 11) is 4.05. The molecule has 2 heteroatoms. The van der Waals surface area contributed by atoms with E-state index in [1.807, 2.05) is 25.9 Å². The highest BCUT2D eigenvalue weighted by Crippen LogP contribution is 2.16. The van der Waals surface area contributed by atoms with E-state index in [9.17, 15) is 0 Å². The van der Waals surface area contributed by atoms with Crippen molar-refractivity contribution in [2.45, 2.75) is 84.5 Å². The monoisotopic (exact) mass is 330 g/mol. The number of hydrogen-bond acceptors (Lipinski definition) is 1. The summed E-state index contributed by atoms with van der Waals surface area (Å²) in [5.41, 5.74) is 2.49. The lowest BCUT2D eigenvalue weighted by molar-refractivity contribution is 0.556. The van der Waals surface area contributed by atoms with Gasteiger partial charge in [0.15, 0.2) is 0 Å². The highest BCUT2D eigenvalue weighted by atomic mass is 15.1. The Balaban J connectivity index is 2.10. The lowest BCUT2D eigenvalue weighted by atomic mass is 10.0. The van der Waals surface area contributed by atoms with Crippen molar-refractivity contribution < 1.29 is 0 Å². The number of unbranched alkanes of at least 4 members (excludes halogenated alkanes) is 9. The Morgan fingerprint density at radius 3 is 1.79 bits per heavy atom. The standard InChI is InChI=1S/C22H38N2/c1-5-6-7-8-9-10-11-12-13-14-15-21-16-18-22(19-17-21)23-20(2)24(3)4/h16-19H,5-15H2,1-4H3. The van der Waals surface area contributed by atoms with E-state index >= 15 is 0 Å². The van der Waals surface area contributed by atoms with Crippen molar-refractivity contribution >= 4 is 11.5 Å². The average molecular weight is 331 g/mol. The highest BCUT2D eigenvalue weighted by molar-refractivity contribution is 5.81. The van der Waals surface area contributed by atoms with Crippen LogP contribution in [0.2, 0.25) is 0 Å². The van der Waals surface area contributed by atoms with Gasteiger partial charge in [-0.3, -0.25) is 0 Å². The number of nitrogens with zero attached hydrogens (tertiary/aromatic N) is 2. The molecule has 1 aromatic rings. The van der Waals surface area contributed by atoms with Gasteiger partial charge in [0.1, 0.15) is 5.84 Å². The van der Waals surface area contributed by atoms with Crippen LogP contribution in [0.3, 0.4) is 0 Å². The van der Waals surface area contributed by atoms with Crippen LogP contribution in [-0.2, 0) is 6.42 Å². The summed E-state index contributed by atoms with van der Waals surface area (Å²) in [6.45, 7) is 4.32. The van der Waals surface area contributed by atoms with E-state index in [1.165, 1.54) is 76.2 Å². The van der Waals surface area contributed by atoms with Crippen LogP contribution in [0.4, 0.5) is 5.69 Å². The van der Waals surface area contributed by atoms with E-state index in [0.29, 0.717) is 0 Å². The molecule has 0 aliphatic heterocycles. The molecule has 2 nitrogen and oxygen atoms in total. The molecule has 0 N–H and O–H groups in total. The molecule has 0 atom stereocenters. The highest BCUT2D eigenvalue weighted by Gasteiger charge is 1.98. The van der Waals surface area contributed by atoms with E-state index in [4.69, 9.17) is 0 Å². The average Bonchev–Trinajstić information content (AvgIpc) is 2.58. The molecule has 0 saturated carbocycles. The SMILES string of the molecule is CCCCCCCCCCCCc1ccc(N=C(C)N(C)C)cc1. The van der Waals surface area contributed by atoms with Gasteiger partial charge in [0.2, 0.25) is 0 Å². The fourth-order valence-electron chi connectivity index (χ4n) is 2.84. The molecule has 0 saturated heterocycles. The molecular formula is C22H38N2. The Morgan fingerprint density at radius 2 is 1.29 bits per heavy atom. The molecular weight excluding hydrogens is 292 g/mol. The van der Waals surface area contributed by atoms with Crippen molar-refractivity contribution in [3.05, 3.63) is 29.8 Å². The summed E-state index contributed by atoms with van der Waals surface area (Å²) in [4.78, 5) is 6.64. The van der Waals surface area contributed by atoms with Crippen molar-refractivity contribution in [3.63, 3.8) is 0 Å². The van der Waals surface area contributed by atoms with E-state index in [1.54, 1.807) is 0 Å². The molecule has 136 valence electrons. The summed E-state index contributed by atoms with van der Waals surface area (Å²) >= 11 is 0. The predicted octanol–water partition coefficient (Wildman–Crippen LogP) is 6.76. The van der Waals surface area contributed by atoms with Crippen LogP contribution in [0.25, 0.3) is 0 Å². The summed E-state index contributed by atoms with van der Waals surface area (Å²) < 4.78 is 0. The Kier molecular flexibility index (Phi) is 11.3. The van der Waals surface area contributed by atoms with Gasteiger partial charge in [-0.1, -0.05) is 76.8 Å². The van der Waals surface area contributed by atoms with Gasteiger partial charge in [0.05, 0.1) is 5.69 Å². The van der Waals surface area contributed by atoms with Crippen molar-refractivity contribution in [1.29, 1.82) is 0 Å². The number of aryl methyl sites for hydroxylation is 1. The van der Waals surface area contributed by atoms with Gasteiger partial charge in [-0.15, -0.1) is 0 Å². The third-order valence-corrected chi connectivity index (χ3v) is 4.69. The van der Waals surface area contributed by atoms with Crippen molar-refractivity contribution in [2.24, 2.45) is 4.99 Å². The van der Waals surface area contributed by atoms with Crippen LogP contribution in [0.1, 0.15) is 83.6 Å². The molecule has 24 heavy (non-hydrogen) atoms. The Labute approximate surface area is 150 Å². The summed E-state index contributed by atoms with van der Waals surface area (Å²) in [5.74, 6) is 1.04. The Bertz CT molecular complexity index is 446. The third kappa shape index (κ3) is 9.75. The molecule has 1 aromatic carbocycles. The van der Waals surface area contributed by atoms with Crippen LogP contribution in [0, 0.1) is 0 Å². The summed E-state index contributed by atoms with van der Waals surface area (Å²) in [6.07, 6.45) is 15.2. The molecule has 0 heterocycles. The second kappa shape index (κ2) is 13.0. The quantitative estimate of drug-likeness (QED) is 0.235. The predicted molar refractivity (Wildman–Crippen MR) is 108 cm³/mol. The lowest BCUT2D eigenvalue weighted by Crippen LogP contribution is -2.17. The van der Waals surface area contributed by atoms with Gasteiger partial charge in [-0.25, -0.2) is 4.99 Å². The summed E-state index contributed by atoms with van der Waals surface area (Å²) in [6, 6.07) is 8.74. The van der Waals surface area contributed by atoms with Crippen molar-refractivity contribution in [3.8, 4) is 0 Å². The van der Waals surface area contributed by atoms with E-state index in [-0.39, 0.29) is 0 Å². The molecule has 0 aliphatic rings. The molecule has 0 radical (unpaired) electrons. The van der Waals surface area contributed by atoms with Gasteiger partial charge in [0, 0.05) is 14.1 Å². The molecule has 0 amide bonds. The van der Waals surface area contributed by atoms with Crippen LogP contribution >= 0.6 is 0 Å². The number of hydrogen-bond donors (Lipinski definition) is 0. The molecule has 0 unspecified atom stereocenters. The number of benzene rings is 1. The van der Waals surface area contributed by atoms with E-state index in [2.05, 4.69) is 36.2 Å². The zero-order chi connectivity index (χ0) is 17.6. The first-order chi connectivity index (χ1) is 11.6. The maximum Gasteiger partial charge on any atom is 0.101 e. The smallest absolute Gasteiger partial charge is 0.101 e. The fraction of sp³-hybridized carbons (Fsp3) is 0.682. The number of rotatable bonds is 12. The van der Waals surface area contributed by atoms with Crippen LogP contribution in [0.5, 0.6) is 0 Å². The van der Waals surface area contributed by atoms with Crippen LogP contribution in [0.15, 0.2) is 29.3 Å². The van der Waals surface area contributed by atoms with Gasteiger partial charge in [-0.2, -0.15) is 0 Å². The molecule has 1 rings (SSSR count). The largest absolute Gasteiger partial charge is 0.366 e. The topological polar surface area (TPSA) is 15.6 Å². The zero-order valence-electron chi connectivity index (χ0n) is 16.5. The summed E-state index contributed by atoms with van der Waals surface area (Å²) in [5, 5.41) is 0. The Hall–Kier alpha value is -1.31. The Morgan fingerprint density at radius 1 is 0.792 bits per heavy atom. The van der Waals surface area contributed by atoms with E-state index in [0.717, 1.165) is 11.5 Å². The minimum atomic E-state index is 1.04. The van der Waals surface area contributed by atoms with E-state index < -0.39 is 0 Å². The van der Waals surface area contributed by atoms with Gasteiger partial charge < -0.3 is 4.90 Å². The van der Waals surface area contributed by atoms with Crippen molar-refractivity contribution in [1.82, 2.24) is 4.90 Å². The fourth-order valence-corrected chi connectivity index (χ4v) is 2.84. The number of aliphatic imine (C=N–C) groups is 1. The first kappa shape index (κ1) is 20.7. The maximum absolute atomic E-state index is 4.60. The first-order valence-corrected chi connectivity index (χ1v) is 9.95. The van der Waals surface area contributed by atoms with Gasteiger partial charge >= 0.3 is 0 Å². The van der Waals surface area contributed by atoms with Crippen LogP contribution in [-0.4, -0.2) is 24.8 Å². The number of amidine groups is 1. The zero-order valence-corrected chi connectivity index (χ0v) is 16.5. The normalized spacial score (nSPS) is 11.8. The molecule has 0 bridgehead atoms. The second-order valence-electron chi connectivity index (χ2n) is 7.15. The third-order valence-electron chi connectivity index (χ3n) is 4.69. The molecule has 0 spiro atoms. The second-order valence-corrected chi connectivity index (χ2v) is 7.15.